The Balaban J connectivity index is 1.38. The molecule has 1 aliphatic heterocycles. The third-order valence-corrected chi connectivity index (χ3v) is 6.60. The molecule has 36 heavy (non-hydrogen) atoms. The summed E-state index contributed by atoms with van der Waals surface area (Å²) in [4.78, 5) is 15.0. The number of methoxy groups -OCH3 is 1. The lowest BCUT2D eigenvalue weighted by Gasteiger charge is -2.31. The molecule has 7 nitrogen and oxygen atoms in total. The number of benzene rings is 2. The van der Waals surface area contributed by atoms with E-state index in [1.165, 1.54) is 5.56 Å². The highest BCUT2D eigenvalue weighted by Gasteiger charge is 2.26. The van der Waals surface area contributed by atoms with Gasteiger partial charge in [0.1, 0.15) is 5.75 Å². The quantitative estimate of drug-likeness (QED) is 0.395. The van der Waals surface area contributed by atoms with Crippen LogP contribution in [-0.4, -0.2) is 60.0 Å². The fourth-order valence-corrected chi connectivity index (χ4v) is 4.57. The van der Waals surface area contributed by atoms with Crippen molar-refractivity contribution in [3.63, 3.8) is 0 Å². The first-order valence-electron chi connectivity index (χ1n) is 12.9. The third-order valence-electron chi connectivity index (χ3n) is 6.60. The zero-order chi connectivity index (χ0) is 25.3. The normalized spacial score (nSPS) is 14.8. The van der Waals surface area contributed by atoms with Crippen LogP contribution in [0.3, 0.4) is 0 Å². The molecule has 4 rings (SSSR count). The Morgan fingerprint density at radius 1 is 1.08 bits per heavy atom. The number of hydrogen-bond donors (Lipinski definition) is 1. The molecule has 1 aliphatic rings. The summed E-state index contributed by atoms with van der Waals surface area (Å²) >= 11 is 0. The van der Waals surface area contributed by atoms with Crippen LogP contribution in [0.4, 0.5) is 0 Å². The van der Waals surface area contributed by atoms with E-state index in [0.717, 1.165) is 61.6 Å². The number of nitrogens with zero attached hydrogens (tertiary/aromatic N) is 3. The van der Waals surface area contributed by atoms with E-state index in [9.17, 15) is 4.79 Å². The number of likely N-dealkylation sites (tertiary alicyclic amines) is 1. The van der Waals surface area contributed by atoms with Gasteiger partial charge in [0.25, 0.3) is 0 Å². The number of amides is 1. The summed E-state index contributed by atoms with van der Waals surface area (Å²) in [6.07, 6.45) is 4.96. The second-order valence-electron chi connectivity index (χ2n) is 9.63. The summed E-state index contributed by atoms with van der Waals surface area (Å²) < 4.78 is 12.8. The molecule has 0 spiro atoms. The minimum Gasteiger partial charge on any atom is -0.497 e. The molecule has 2 heterocycles. The molecule has 1 amide bonds. The smallest absolute Gasteiger partial charge is 0.223 e. The molecule has 7 heteroatoms. The number of ether oxygens (including phenoxy) is 2. The van der Waals surface area contributed by atoms with Gasteiger partial charge in [0.2, 0.25) is 5.91 Å². The predicted molar refractivity (Wildman–Crippen MR) is 142 cm³/mol. The number of piperidine rings is 1. The predicted octanol–water partition coefficient (Wildman–Crippen LogP) is 4.69. The summed E-state index contributed by atoms with van der Waals surface area (Å²) in [6.45, 7) is 8.01. The van der Waals surface area contributed by atoms with Crippen molar-refractivity contribution in [3.8, 4) is 22.7 Å². The lowest BCUT2D eigenvalue weighted by molar-refractivity contribution is -0.126. The van der Waals surface area contributed by atoms with E-state index in [0.29, 0.717) is 13.2 Å². The van der Waals surface area contributed by atoms with Crippen LogP contribution in [0.15, 0.2) is 60.8 Å². The fraction of sp³-hybridized carbons (Fsp3) is 0.448. The van der Waals surface area contributed by atoms with E-state index < -0.39 is 0 Å². The molecular formula is C29H38N4O3. The van der Waals surface area contributed by atoms with Gasteiger partial charge in [-0.05, 0) is 82.6 Å². The summed E-state index contributed by atoms with van der Waals surface area (Å²) in [7, 11) is 1.68. The zero-order valence-corrected chi connectivity index (χ0v) is 21.7. The minimum absolute atomic E-state index is 0.0837. The largest absolute Gasteiger partial charge is 0.497 e. The van der Waals surface area contributed by atoms with Gasteiger partial charge in [0, 0.05) is 42.9 Å². The Hall–Kier alpha value is -3.16. The molecule has 0 radical (unpaired) electrons. The highest BCUT2D eigenvalue weighted by Crippen LogP contribution is 2.28. The van der Waals surface area contributed by atoms with Crippen LogP contribution < -0.4 is 10.1 Å². The molecular weight excluding hydrogens is 452 g/mol. The molecule has 1 saturated heterocycles. The monoisotopic (exact) mass is 490 g/mol. The van der Waals surface area contributed by atoms with Gasteiger partial charge in [-0.1, -0.05) is 18.2 Å². The van der Waals surface area contributed by atoms with Gasteiger partial charge in [-0.15, -0.1) is 0 Å². The number of carbonyl (C=O) groups excluding carboxylic acids is 1. The molecule has 3 aromatic rings. The Kier molecular flexibility index (Phi) is 9.14. The van der Waals surface area contributed by atoms with Gasteiger partial charge in [-0.3, -0.25) is 9.69 Å². The maximum atomic E-state index is 12.6. The van der Waals surface area contributed by atoms with Gasteiger partial charge < -0.3 is 14.8 Å². The SMILES string of the molecule is COc1ccc(-c2nn(-c3ccccc3)cc2CN2CCC(C(=O)NCCCOC(C)C)CC2)cc1. The third kappa shape index (κ3) is 6.95. The molecule has 0 aliphatic carbocycles. The number of nitrogens with one attached hydrogen (secondary N) is 1. The second-order valence-corrected chi connectivity index (χ2v) is 9.63. The van der Waals surface area contributed by atoms with Crippen LogP contribution >= 0.6 is 0 Å². The summed E-state index contributed by atoms with van der Waals surface area (Å²) in [5, 5.41) is 8.04. The average molecular weight is 491 g/mol. The van der Waals surface area contributed by atoms with Crippen molar-refractivity contribution in [2.45, 2.75) is 45.8 Å². The van der Waals surface area contributed by atoms with Crippen LogP contribution in [0, 0.1) is 5.92 Å². The van der Waals surface area contributed by atoms with Crippen molar-refractivity contribution >= 4 is 5.91 Å². The van der Waals surface area contributed by atoms with E-state index >= 15 is 0 Å². The highest BCUT2D eigenvalue weighted by molar-refractivity contribution is 5.78. The first-order valence-corrected chi connectivity index (χ1v) is 12.9. The molecule has 0 atom stereocenters. The number of para-hydroxylation sites is 1. The van der Waals surface area contributed by atoms with Crippen LogP contribution in [0.5, 0.6) is 5.75 Å². The van der Waals surface area contributed by atoms with Gasteiger partial charge in [-0.25, -0.2) is 4.68 Å². The molecule has 0 bridgehead atoms. The van der Waals surface area contributed by atoms with Crippen molar-refractivity contribution in [3.05, 3.63) is 66.4 Å². The number of hydrogen-bond acceptors (Lipinski definition) is 5. The van der Waals surface area contributed by atoms with Crippen LogP contribution in [0.2, 0.25) is 0 Å². The molecule has 1 fully saturated rings. The molecule has 0 saturated carbocycles. The first kappa shape index (κ1) is 25.9. The zero-order valence-electron chi connectivity index (χ0n) is 21.7. The van der Waals surface area contributed by atoms with Crippen LogP contribution in [0.1, 0.15) is 38.7 Å². The van der Waals surface area contributed by atoms with Crippen LogP contribution in [-0.2, 0) is 16.1 Å². The molecule has 2 aromatic carbocycles. The Morgan fingerprint density at radius 2 is 1.81 bits per heavy atom. The molecule has 192 valence electrons. The van der Waals surface area contributed by atoms with E-state index in [-0.39, 0.29) is 17.9 Å². The van der Waals surface area contributed by atoms with Gasteiger partial charge >= 0.3 is 0 Å². The Morgan fingerprint density at radius 3 is 2.47 bits per heavy atom. The van der Waals surface area contributed by atoms with Crippen molar-refractivity contribution < 1.29 is 14.3 Å². The van der Waals surface area contributed by atoms with Crippen LogP contribution in [0.25, 0.3) is 16.9 Å². The van der Waals surface area contributed by atoms with Gasteiger partial charge in [0.15, 0.2) is 0 Å². The number of aromatic nitrogens is 2. The number of rotatable bonds is 11. The first-order chi connectivity index (χ1) is 17.5. The van der Waals surface area contributed by atoms with Crippen molar-refractivity contribution in [1.29, 1.82) is 0 Å². The topological polar surface area (TPSA) is 68.6 Å². The summed E-state index contributed by atoms with van der Waals surface area (Å²) in [5.41, 5.74) is 4.26. The summed E-state index contributed by atoms with van der Waals surface area (Å²) in [5.74, 6) is 1.09. The van der Waals surface area contributed by atoms with Gasteiger partial charge in [-0.2, -0.15) is 5.10 Å². The lowest BCUT2D eigenvalue weighted by atomic mass is 9.95. The standard InChI is InChI=1S/C29H38N4O3/c1-22(2)36-19-7-16-30-29(34)24-14-17-32(18-15-24)20-25-21-33(26-8-5-4-6-9-26)31-28(25)23-10-12-27(35-3)13-11-23/h4-6,8-13,21-22,24H,7,14-20H2,1-3H3,(H,30,34). The highest BCUT2D eigenvalue weighted by atomic mass is 16.5. The fourth-order valence-electron chi connectivity index (χ4n) is 4.57. The van der Waals surface area contributed by atoms with E-state index in [4.69, 9.17) is 14.6 Å². The van der Waals surface area contributed by atoms with Crippen molar-refractivity contribution in [2.24, 2.45) is 5.92 Å². The minimum atomic E-state index is 0.0837. The van der Waals surface area contributed by atoms with Crippen molar-refractivity contribution in [2.75, 3.05) is 33.4 Å². The van der Waals surface area contributed by atoms with Gasteiger partial charge in [0.05, 0.1) is 24.6 Å². The lowest BCUT2D eigenvalue weighted by Crippen LogP contribution is -2.40. The average Bonchev–Trinajstić information content (AvgIpc) is 3.33. The molecule has 1 aromatic heterocycles. The van der Waals surface area contributed by atoms with E-state index in [1.54, 1.807) is 7.11 Å². The molecule has 1 N–H and O–H groups in total. The molecule has 0 unspecified atom stereocenters. The summed E-state index contributed by atoms with van der Waals surface area (Å²) in [6, 6.07) is 18.2. The Labute approximate surface area is 214 Å². The maximum Gasteiger partial charge on any atom is 0.223 e. The van der Waals surface area contributed by atoms with E-state index in [1.807, 2.05) is 48.9 Å². The maximum absolute atomic E-state index is 12.6. The Bertz CT molecular complexity index is 1090. The van der Waals surface area contributed by atoms with Crippen molar-refractivity contribution in [1.82, 2.24) is 20.0 Å². The number of carbonyl (C=O) groups is 1. The van der Waals surface area contributed by atoms with E-state index in [2.05, 4.69) is 40.7 Å². The second kappa shape index (κ2) is 12.7.